The summed E-state index contributed by atoms with van der Waals surface area (Å²) in [5, 5.41) is 3.54. The monoisotopic (exact) mass is 262 g/mol. The Morgan fingerprint density at radius 1 is 1.41 bits per heavy atom. The molecule has 2 atom stereocenters. The van der Waals surface area contributed by atoms with Gasteiger partial charge in [-0.2, -0.15) is 0 Å². The Morgan fingerprint density at radius 2 is 2.06 bits per heavy atom. The predicted octanol–water partition coefficient (Wildman–Crippen LogP) is 0.884. The number of nitrogens with one attached hydrogen (secondary N) is 1. The van der Waals surface area contributed by atoms with Gasteiger partial charge in [-0.1, -0.05) is 13.8 Å². The number of hydrogen-bond acceptors (Lipinski definition) is 4. The van der Waals surface area contributed by atoms with Crippen LogP contribution in [0.5, 0.6) is 0 Å². The summed E-state index contributed by atoms with van der Waals surface area (Å²) in [5.41, 5.74) is 0.127. The van der Waals surface area contributed by atoms with Crippen LogP contribution in [-0.4, -0.2) is 56.0 Å². The first-order valence-electron chi connectivity index (χ1n) is 6.51. The molecular weight excluding hydrogens is 236 g/mol. The van der Waals surface area contributed by atoms with Crippen LogP contribution in [0.1, 0.15) is 34.1 Å². The molecular formula is C12H26N2O2S. The molecule has 0 saturated carbocycles. The maximum Gasteiger partial charge on any atom is 0.151 e. The van der Waals surface area contributed by atoms with Crippen molar-refractivity contribution in [1.29, 1.82) is 0 Å². The van der Waals surface area contributed by atoms with Crippen LogP contribution in [-0.2, 0) is 9.84 Å². The highest BCUT2D eigenvalue weighted by Gasteiger charge is 2.32. The van der Waals surface area contributed by atoms with E-state index < -0.39 is 9.84 Å². The number of sulfone groups is 1. The van der Waals surface area contributed by atoms with Gasteiger partial charge in [0.1, 0.15) is 0 Å². The zero-order valence-electron chi connectivity index (χ0n) is 11.5. The van der Waals surface area contributed by atoms with Crippen molar-refractivity contribution in [3.63, 3.8) is 0 Å². The molecule has 102 valence electrons. The molecule has 1 fully saturated rings. The summed E-state index contributed by atoms with van der Waals surface area (Å²) in [5.74, 6) is 0.534. The lowest BCUT2D eigenvalue weighted by Gasteiger charge is -2.45. The molecule has 0 amide bonds. The summed E-state index contributed by atoms with van der Waals surface area (Å²) in [6, 6.07) is 0.418. The second-order valence-electron chi connectivity index (χ2n) is 5.35. The van der Waals surface area contributed by atoms with Gasteiger partial charge in [-0.15, -0.1) is 0 Å². The molecule has 1 N–H and O–H groups in total. The molecule has 1 aliphatic rings. The van der Waals surface area contributed by atoms with Crippen molar-refractivity contribution in [2.24, 2.45) is 0 Å². The Balaban J connectivity index is 2.57. The first-order valence-corrected chi connectivity index (χ1v) is 8.33. The molecule has 0 spiro atoms. The van der Waals surface area contributed by atoms with Gasteiger partial charge in [0.2, 0.25) is 0 Å². The van der Waals surface area contributed by atoms with Gasteiger partial charge in [0.15, 0.2) is 9.84 Å². The number of rotatable bonds is 5. The van der Waals surface area contributed by atoms with E-state index in [0.29, 0.717) is 12.6 Å². The second kappa shape index (κ2) is 5.67. The van der Waals surface area contributed by atoms with Gasteiger partial charge in [0.05, 0.1) is 5.75 Å². The van der Waals surface area contributed by atoms with E-state index in [4.69, 9.17) is 0 Å². The standard InChI is InChI=1S/C12H26N2O2S/c1-5-12(4)10-14(11(3)9-13-12)7-8-17(15,16)6-2/h11,13H,5-10H2,1-4H3. The summed E-state index contributed by atoms with van der Waals surface area (Å²) < 4.78 is 23.1. The third kappa shape index (κ3) is 4.23. The SMILES string of the molecule is CCC1(C)CN(CCS(=O)(=O)CC)C(C)CN1. The Hall–Kier alpha value is -0.130. The van der Waals surface area contributed by atoms with Gasteiger partial charge >= 0.3 is 0 Å². The highest BCUT2D eigenvalue weighted by atomic mass is 32.2. The van der Waals surface area contributed by atoms with Crippen LogP contribution in [0.3, 0.4) is 0 Å². The maximum atomic E-state index is 11.5. The molecule has 2 unspecified atom stereocenters. The maximum absolute atomic E-state index is 11.5. The van der Waals surface area contributed by atoms with Gasteiger partial charge in [-0.3, -0.25) is 4.90 Å². The van der Waals surface area contributed by atoms with Gasteiger partial charge in [-0.25, -0.2) is 8.42 Å². The van der Waals surface area contributed by atoms with Crippen LogP contribution in [0.4, 0.5) is 0 Å². The highest BCUT2D eigenvalue weighted by Crippen LogP contribution is 2.18. The van der Waals surface area contributed by atoms with Crippen LogP contribution in [0, 0.1) is 0 Å². The van der Waals surface area contributed by atoms with Crippen LogP contribution < -0.4 is 5.32 Å². The molecule has 1 heterocycles. The van der Waals surface area contributed by atoms with E-state index >= 15 is 0 Å². The largest absolute Gasteiger partial charge is 0.309 e. The fraction of sp³-hybridized carbons (Fsp3) is 1.00. The summed E-state index contributed by atoms with van der Waals surface area (Å²) in [4.78, 5) is 2.30. The fourth-order valence-electron chi connectivity index (χ4n) is 2.12. The van der Waals surface area contributed by atoms with E-state index in [1.165, 1.54) is 0 Å². The molecule has 0 aromatic carbocycles. The van der Waals surface area contributed by atoms with E-state index in [2.05, 4.69) is 31.0 Å². The van der Waals surface area contributed by atoms with E-state index in [9.17, 15) is 8.42 Å². The summed E-state index contributed by atoms with van der Waals surface area (Å²) in [6.45, 7) is 10.8. The smallest absolute Gasteiger partial charge is 0.151 e. The number of hydrogen-bond donors (Lipinski definition) is 1. The lowest BCUT2D eigenvalue weighted by molar-refractivity contribution is 0.0993. The van der Waals surface area contributed by atoms with Crippen molar-refractivity contribution in [2.75, 3.05) is 31.1 Å². The molecule has 1 rings (SSSR count). The van der Waals surface area contributed by atoms with E-state index in [1.807, 2.05) is 0 Å². The average Bonchev–Trinajstić information content (AvgIpc) is 2.31. The normalized spacial score (nSPS) is 31.6. The van der Waals surface area contributed by atoms with Crippen LogP contribution >= 0.6 is 0 Å². The molecule has 4 nitrogen and oxygen atoms in total. The topological polar surface area (TPSA) is 49.4 Å². The molecule has 0 aromatic rings. The van der Waals surface area contributed by atoms with Gasteiger partial charge in [-0.05, 0) is 20.3 Å². The molecule has 1 aliphatic heterocycles. The van der Waals surface area contributed by atoms with E-state index in [-0.39, 0.29) is 17.0 Å². The molecule has 1 saturated heterocycles. The summed E-state index contributed by atoms with van der Waals surface area (Å²) in [6.07, 6.45) is 1.07. The van der Waals surface area contributed by atoms with Crippen LogP contribution in [0.25, 0.3) is 0 Å². The average molecular weight is 262 g/mol. The van der Waals surface area contributed by atoms with Gasteiger partial charge in [0, 0.05) is 37.0 Å². The van der Waals surface area contributed by atoms with Gasteiger partial charge < -0.3 is 5.32 Å². The third-order valence-electron chi connectivity index (χ3n) is 3.91. The first-order chi connectivity index (χ1) is 7.82. The Labute approximate surface area is 106 Å². The molecule has 0 aliphatic carbocycles. The lowest BCUT2D eigenvalue weighted by Crippen LogP contribution is -2.62. The second-order valence-corrected chi connectivity index (χ2v) is 7.82. The van der Waals surface area contributed by atoms with Crippen molar-refractivity contribution in [3.8, 4) is 0 Å². The zero-order valence-corrected chi connectivity index (χ0v) is 12.3. The molecule has 0 aromatic heterocycles. The minimum atomic E-state index is -2.85. The van der Waals surface area contributed by atoms with E-state index in [1.54, 1.807) is 6.92 Å². The minimum Gasteiger partial charge on any atom is -0.309 e. The molecule has 0 bridgehead atoms. The Morgan fingerprint density at radius 3 is 2.59 bits per heavy atom. The lowest BCUT2D eigenvalue weighted by atomic mass is 9.94. The van der Waals surface area contributed by atoms with Crippen molar-refractivity contribution in [3.05, 3.63) is 0 Å². The summed E-state index contributed by atoms with van der Waals surface area (Å²) >= 11 is 0. The van der Waals surface area contributed by atoms with Crippen molar-refractivity contribution in [1.82, 2.24) is 10.2 Å². The van der Waals surface area contributed by atoms with Crippen molar-refractivity contribution >= 4 is 9.84 Å². The van der Waals surface area contributed by atoms with E-state index in [0.717, 1.165) is 19.5 Å². The van der Waals surface area contributed by atoms with Crippen molar-refractivity contribution < 1.29 is 8.42 Å². The van der Waals surface area contributed by atoms with Gasteiger partial charge in [0.25, 0.3) is 0 Å². The van der Waals surface area contributed by atoms with Crippen molar-refractivity contribution in [2.45, 2.75) is 45.7 Å². The minimum absolute atomic E-state index is 0.127. The number of piperazine rings is 1. The molecule has 0 radical (unpaired) electrons. The zero-order chi connectivity index (χ0) is 13.1. The first kappa shape index (κ1) is 14.9. The summed E-state index contributed by atoms with van der Waals surface area (Å²) in [7, 11) is -2.85. The highest BCUT2D eigenvalue weighted by molar-refractivity contribution is 7.91. The molecule has 5 heteroatoms. The number of nitrogens with zero attached hydrogens (tertiary/aromatic N) is 1. The fourth-order valence-corrected chi connectivity index (χ4v) is 2.92. The Bertz CT molecular complexity index is 342. The quantitative estimate of drug-likeness (QED) is 0.799. The molecule has 17 heavy (non-hydrogen) atoms. The predicted molar refractivity (Wildman–Crippen MR) is 72.1 cm³/mol. The third-order valence-corrected chi connectivity index (χ3v) is 5.59. The van der Waals surface area contributed by atoms with Crippen LogP contribution in [0.2, 0.25) is 0 Å². The van der Waals surface area contributed by atoms with Crippen LogP contribution in [0.15, 0.2) is 0 Å². The Kier molecular flexibility index (Phi) is 4.98.